The summed E-state index contributed by atoms with van der Waals surface area (Å²) >= 11 is 0. The van der Waals surface area contributed by atoms with Gasteiger partial charge in [0, 0.05) is 23.7 Å². The molecule has 0 fully saturated rings. The maximum Gasteiger partial charge on any atom is 0.416 e. The van der Waals surface area contributed by atoms with Crippen molar-refractivity contribution in [2.24, 2.45) is 0 Å². The fraction of sp³-hybridized carbons (Fsp3) is 0.333. The van der Waals surface area contributed by atoms with E-state index in [4.69, 9.17) is 9.47 Å². The van der Waals surface area contributed by atoms with Crippen molar-refractivity contribution in [3.8, 4) is 11.5 Å². The van der Waals surface area contributed by atoms with Gasteiger partial charge in [-0.3, -0.25) is 9.59 Å². The predicted octanol–water partition coefficient (Wildman–Crippen LogP) is 5.40. The van der Waals surface area contributed by atoms with Gasteiger partial charge >= 0.3 is 6.18 Å². The third kappa shape index (κ3) is 4.67. The average Bonchev–Trinajstić information content (AvgIpc) is 2.77. The molecule has 0 spiro atoms. The molecule has 0 bridgehead atoms. The highest BCUT2D eigenvalue weighted by molar-refractivity contribution is 6.05. The third-order valence-electron chi connectivity index (χ3n) is 5.97. The zero-order chi connectivity index (χ0) is 23.8. The molecule has 2 aromatic carbocycles. The molecule has 0 aliphatic carbocycles. The van der Waals surface area contributed by atoms with Crippen molar-refractivity contribution >= 4 is 28.8 Å². The molecule has 2 N–H and O–H groups in total. The van der Waals surface area contributed by atoms with Crippen LogP contribution in [-0.2, 0) is 15.8 Å². The quantitative estimate of drug-likeness (QED) is 0.599. The SMILES string of the molecule is CCC1(CC)C/C(=C\C(=O)Nc2ccc3c(c2)NC(=O)CO3)c2ccc(C(F)(F)F)cc2O1. The Morgan fingerprint density at radius 2 is 1.91 bits per heavy atom. The van der Waals surface area contributed by atoms with E-state index in [0.717, 1.165) is 12.1 Å². The Kier molecular flexibility index (Phi) is 5.82. The number of halogens is 3. The van der Waals surface area contributed by atoms with Gasteiger partial charge in [-0.25, -0.2) is 0 Å². The summed E-state index contributed by atoms with van der Waals surface area (Å²) in [6, 6.07) is 8.19. The van der Waals surface area contributed by atoms with E-state index in [2.05, 4.69) is 10.6 Å². The van der Waals surface area contributed by atoms with E-state index in [1.54, 1.807) is 18.2 Å². The van der Waals surface area contributed by atoms with Crippen molar-refractivity contribution in [2.75, 3.05) is 17.2 Å². The minimum absolute atomic E-state index is 0.0705. The van der Waals surface area contributed by atoms with Crippen LogP contribution >= 0.6 is 0 Å². The number of hydrogen-bond acceptors (Lipinski definition) is 4. The first kappa shape index (κ1) is 22.7. The highest BCUT2D eigenvalue weighted by Crippen LogP contribution is 2.45. The van der Waals surface area contributed by atoms with Gasteiger partial charge in [0.15, 0.2) is 6.61 Å². The Balaban J connectivity index is 1.64. The van der Waals surface area contributed by atoms with Gasteiger partial charge < -0.3 is 20.1 Å². The highest BCUT2D eigenvalue weighted by atomic mass is 19.4. The number of carbonyl (C=O) groups excluding carboxylic acids is 2. The molecular formula is C24H23F3N2O4. The van der Waals surface area contributed by atoms with Crippen molar-refractivity contribution in [2.45, 2.75) is 44.9 Å². The molecule has 2 aliphatic heterocycles. The van der Waals surface area contributed by atoms with Gasteiger partial charge in [0.2, 0.25) is 5.91 Å². The minimum atomic E-state index is -4.50. The lowest BCUT2D eigenvalue weighted by Gasteiger charge is -2.39. The number of ether oxygens (including phenoxy) is 2. The molecule has 2 amide bonds. The van der Waals surface area contributed by atoms with Crippen molar-refractivity contribution in [1.29, 1.82) is 0 Å². The molecule has 2 heterocycles. The van der Waals surface area contributed by atoms with Gasteiger partial charge in [-0.2, -0.15) is 13.2 Å². The van der Waals surface area contributed by atoms with Gasteiger partial charge in [-0.05, 0) is 48.7 Å². The Morgan fingerprint density at radius 3 is 2.61 bits per heavy atom. The molecule has 0 radical (unpaired) electrons. The van der Waals surface area contributed by atoms with Gasteiger partial charge in [-0.15, -0.1) is 0 Å². The maximum absolute atomic E-state index is 13.2. The Morgan fingerprint density at radius 1 is 1.15 bits per heavy atom. The molecule has 33 heavy (non-hydrogen) atoms. The molecule has 6 nitrogen and oxygen atoms in total. The van der Waals surface area contributed by atoms with Crippen LogP contribution < -0.4 is 20.1 Å². The molecule has 4 rings (SSSR count). The van der Waals surface area contributed by atoms with Crippen LogP contribution in [0.5, 0.6) is 11.5 Å². The first-order chi connectivity index (χ1) is 15.6. The number of fused-ring (bicyclic) bond motifs is 2. The lowest BCUT2D eigenvalue weighted by Crippen LogP contribution is -2.38. The second-order valence-electron chi connectivity index (χ2n) is 8.08. The number of rotatable bonds is 4. The normalized spacial score (nSPS) is 17.8. The molecule has 0 aromatic heterocycles. The molecule has 0 saturated heterocycles. The topological polar surface area (TPSA) is 76.7 Å². The van der Waals surface area contributed by atoms with E-state index in [1.165, 1.54) is 12.1 Å². The average molecular weight is 460 g/mol. The van der Waals surface area contributed by atoms with E-state index in [1.807, 2.05) is 13.8 Å². The first-order valence-electron chi connectivity index (χ1n) is 10.6. The van der Waals surface area contributed by atoms with Gasteiger partial charge in [0.1, 0.15) is 17.1 Å². The summed E-state index contributed by atoms with van der Waals surface area (Å²) in [4.78, 5) is 24.3. The molecule has 2 aliphatic rings. The van der Waals surface area contributed by atoms with Crippen molar-refractivity contribution in [1.82, 2.24) is 0 Å². The van der Waals surface area contributed by atoms with Crippen LogP contribution in [0.3, 0.4) is 0 Å². The number of amides is 2. The van der Waals surface area contributed by atoms with E-state index in [9.17, 15) is 22.8 Å². The van der Waals surface area contributed by atoms with E-state index in [0.29, 0.717) is 47.5 Å². The van der Waals surface area contributed by atoms with Crippen LogP contribution in [-0.4, -0.2) is 24.0 Å². The smallest absolute Gasteiger partial charge is 0.416 e. The number of hydrogen-bond donors (Lipinski definition) is 2. The molecule has 0 atom stereocenters. The largest absolute Gasteiger partial charge is 0.486 e. The summed E-state index contributed by atoms with van der Waals surface area (Å²) in [6.07, 6.45) is -1.57. The zero-order valence-electron chi connectivity index (χ0n) is 18.1. The lowest BCUT2D eigenvalue weighted by atomic mass is 9.83. The molecule has 0 saturated carbocycles. The molecule has 9 heteroatoms. The Labute approximate surface area is 188 Å². The first-order valence-corrected chi connectivity index (χ1v) is 10.6. The summed E-state index contributed by atoms with van der Waals surface area (Å²) in [6.45, 7) is 3.74. The molecule has 2 aromatic rings. The molecule has 0 unspecified atom stereocenters. The van der Waals surface area contributed by atoms with E-state index < -0.39 is 23.2 Å². The number of alkyl halides is 3. The summed E-state index contributed by atoms with van der Waals surface area (Å²) in [5.41, 5.74) is 0.451. The number of anilines is 2. The zero-order valence-corrected chi connectivity index (χ0v) is 18.1. The third-order valence-corrected chi connectivity index (χ3v) is 5.97. The highest BCUT2D eigenvalue weighted by Gasteiger charge is 2.38. The van der Waals surface area contributed by atoms with Crippen LogP contribution in [0.4, 0.5) is 24.5 Å². The number of benzene rings is 2. The summed E-state index contributed by atoms with van der Waals surface area (Å²) < 4.78 is 51.1. The van der Waals surface area contributed by atoms with E-state index >= 15 is 0 Å². The fourth-order valence-corrected chi connectivity index (χ4v) is 4.03. The van der Waals surface area contributed by atoms with Crippen LogP contribution in [0.1, 0.15) is 44.2 Å². The van der Waals surface area contributed by atoms with Crippen LogP contribution in [0, 0.1) is 0 Å². The number of nitrogens with one attached hydrogen (secondary N) is 2. The van der Waals surface area contributed by atoms with Crippen molar-refractivity contribution < 1.29 is 32.2 Å². The lowest BCUT2D eigenvalue weighted by molar-refractivity contribution is -0.137. The summed E-state index contributed by atoms with van der Waals surface area (Å²) in [7, 11) is 0. The minimum Gasteiger partial charge on any atom is -0.486 e. The standard InChI is InChI=1S/C24H23F3N2O4/c1-3-23(4-2)12-14(17-7-5-15(24(25,26)27)10-20(17)33-23)9-21(30)28-16-6-8-19-18(11-16)29-22(31)13-32-19/h5-11H,3-4,12-13H2,1-2H3,(H,28,30)(H,29,31)/b14-9+. The second-order valence-corrected chi connectivity index (χ2v) is 8.08. The van der Waals surface area contributed by atoms with Crippen LogP contribution in [0.2, 0.25) is 0 Å². The number of carbonyl (C=O) groups is 2. The molecular weight excluding hydrogens is 437 g/mol. The maximum atomic E-state index is 13.2. The van der Waals surface area contributed by atoms with Gasteiger partial charge in [-0.1, -0.05) is 19.9 Å². The summed E-state index contributed by atoms with van der Waals surface area (Å²) in [5, 5.41) is 5.41. The second kappa shape index (κ2) is 8.46. The van der Waals surface area contributed by atoms with Gasteiger partial charge in [0.05, 0.1) is 11.3 Å². The van der Waals surface area contributed by atoms with Crippen molar-refractivity contribution in [3.63, 3.8) is 0 Å². The van der Waals surface area contributed by atoms with E-state index in [-0.39, 0.29) is 18.3 Å². The van der Waals surface area contributed by atoms with Crippen molar-refractivity contribution in [3.05, 3.63) is 53.6 Å². The Bertz CT molecular complexity index is 1140. The summed E-state index contributed by atoms with van der Waals surface area (Å²) in [5.74, 6) is -0.115. The Hall–Kier alpha value is -3.49. The van der Waals surface area contributed by atoms with Gasteiger partial charge in [0.25, 0.3) is 5.91 Å². The predicted molar refractivity (Wildman–Crippen MR) is 117 cm³/mol. The monoisotopic (exact) mass is 460 g/mol. The molecule has 174 valence electrons. The fourth-order valence-electron chi connectivity index (χ4n) is 4.03. The van der Waals surface area contributed by atoms with Crippen LogP contribution in [0.25, 0.3) is 5.57 Å². The van der Waals surface area contributed by atoms with Crippen LogP contribution in [0.15, 0.2) is 42.5 Å².